The molecule has 5 aromatic rings. The minimum absolute atomic E-state index is 0.0286. The van der Waals surface area contributed by atoms with Crippen molar-refractivity contribution in [1.82, 2.24) is 14.9 Å². The number of benzene rings is 2. The highest BCUT2D eigenvalue weighted by molar-refractivity contribution is 5.98. The first kappa shape index (κ1) is 20.7. The van der Waals surface area contributed by atoms with Crippen LogP contribution >= 0.6 is 0 Å². The van der Waals surface area contributed by atoms with Gasteiger partial charge in [-0.05, 0) is 54.4 Å². The van der Waals surface area contributed by atoms with E-state index in [9.17, 15) is 4.79 Å². The van der Waals surface area contributed by atoms with Crippen LogP contribution in [0.3, 0.4) is 0 Å². The Bertz CT molecular complexity index is 1360. The zero-order valence-electron chi connectivity index (χ0n) is 18.3. The van der Waals surface area contributed by atoms with Crippen LogP contribution in [0.5, 0.6) is 0 Å². The number of carbonyl (C=O) groups excluding carboxylic acids is 1. The fourth-order valence-electron chi connectivity index (χ4n) is 3.87. The molecule has 0 saturated heterocycles. The van der Waals surface area contributed by atoms with E-state index in [1.165, 1.54) is 0 Å². The van der Waals surface area contributed by atoms with Gasteiger partial charge in [0.05, 0.1) is 23.6 Å². The Morgan fingerprint density at radius 3 is 2.09 bits per heavy atom. The molecule has 0 N–H and O–H groups in total. The third-order valence-corrected chi connectivity index (χ3v) is 5.42. The molecule has 0 unspecified atom stereocenters. The van der Waals surface area contributed by atoms with Gasteiger partial charge < -0.3 is 13.7 Å². The fourth-order valence-corrected chi connectivity index (χ4v) is 3.87. The van der Waals surface area contributed by atoms with Crippen molar-refractivity contribution in [1.29, 1.82) is 0 Å². The second kappa shape index (κ2) is 9.12. The summed E-state index contributed by atoms with van der Waals surface area (Å²) in [5, 5.41) is 0. The predicted molar refractivity (Wildman–Crippen MR) is 126 cm³/mol. The Morgan fingerprint density at radius 1 is 0.818 bits per heavy atom. The van der Waals surface area contributed by atoms with Gasteiger partial charge in [0.2, 0.25) is 0 Å². The molecule has 0 aliphatic carbocycles. The van der Waals surface area contributed by atoms with Crippen LogP contribution in [0.1, 0.15) is 29.3 Å². The second-order valence-corrected chi connectivity index (χ2v) is 7.79. The Hall–Kier alpha value is -4.19. The Kier molecular flexibility index (Phi) is 5.72. The van der Waals surface area contributed by atoms with Gasteiger partial charge in [-0.25, -0.2) is 9.97 Å². The molecule has 0 atom stereocenters. The summed E-state index contributed by atoms with van der Waals surface area (Å²) in [5.74, 6) is 1.16. The molecule has 33 heavy (non-hydrogen) atoms. The normalized spacial score (nSPS) is 11.1. The summed E-state index contributed by atoms with van der Waals surface area (Å²) < 4.78 is 11.2. The van der Waals surface area contributed by atoms with E-state index in [1.807, 2.05) is 65.6 Å². The zero-order chi connectivity index (χ0) is 22.6. The molecule has 6 heteroatoms. The summed E-state index contributed by atoms with van der Waals surface area (Å²) in [6.07, 6.45) is 4.07. The number of amides is 1. The van der Waals surface area contributed by atoms with Gasteiger partial charge in [0, 0.05) is 18.7 Å². The molecule has 0 aliphatic heterocycles. The number of carbonyl (C=O) groups is 1. The van der Waals surface area contributed by atoms with Crippen LogP contribution in [0.4, 0.5) is 0 Å². The van der Waals surface area contributed by atoms with Crippen molar-refractivity contribution >= 4 is 16.9 Å². The predicted octanol–water partition coefficient (Wildman–Crippen LogP) is 6.20. The quantitative estimate of drug-likeness (QED) is 0.303. The van der Waals surface area contributed by atoms with Gasteiger partial charge in [0.25, 0.3) is 5.91 Å². The van der Waals surface area contributed by atoms with Crippen LogP contribution in [0.15, 0.2) is 94.2 Å². The second-order valence-electron chi connectivity index (χ2n) is 7.79. The van der Waals surface area contributed by atoms with E-state index in [0.717, 1.165) is 12.0 Å². The molecule has 0 spiro atoms. The number of fused-ring (bicyclic) bond motifs is 1. The molecule has 0 saturated carbocycles. The SMILES string of the molecule is CCCN(Cc1ccccc1)C(=O)c1ccc2nc(-c3ccco3)c(-c3ccco3)nc2c1. The summed E-state index contributed by atoms with van der Waals surface area (Å²) in [4.78, 5) is 24.9. The van der Waals surface area contributed by atoms with Crippen LogP contribution in [-0.2, 0) is 6.54 Å². The summed E-state index contributed by atoms with van der Waals surface area (Å²) in [7, 11) is 0. The molecule has 0 fully saturated rings. The van der Waals surface area contributed by atoms with Crippen molar-refractivity contribution in [2.75, 3.05) is 6.54 Å². The van der Waals surface area contributed by atoms with Crippen molar-refractivity contribution in [3.8, 4) is 22.9 Å². The van der Waals surface area contributed by atoms with Gasteiger partial charge in [-0.2, -0.15) is 0 Å². The van der Waals surface area contributed by atoms with Crippen molar-refractivity contribution in [3.63, 3.8) is 0 Å². The zero-order valence-corrected chi connectivity index (χ0v) is 18.3. The van der Waals surface area contributed by atoms with Crippen LogP contribution in [0.2, 0.25) is 0 Å². The molecule has 2 aromatic carbocycles. The molecule has 6 nitrogen and oxygen atoms in total. The molecular formula is C27H23N3O3. The third-order valence-electron chi connectivity index (χ3n) is 5.42. The number of hydrogen-bond donors (Lipinski definition) is 0. The standard InChI is InChI=1S/C27H23N3O3/c1-2-14-30(18-19-8-4-3-5-9-19)27(31)20-12-13-21-22(17-20)29-26(24-11-7-16-33-24)25(28-21)23-10-6-15-32-23/h3-13,15-17H,2,14,18H2,1H3. The first-order valence-corrected chi connectivity index (χ1v) is 11.0. The summed E-state index contributed by atoms with van der Waals surface area (Å²) in [6, 6.07) is 22.8. The highest BCUT2D eigenvalue weighted by atomic mass is 16.3. The van der Waals surface area contributed by atoms with Crippen LogP contribution in [0.25, 0.3) is 33.9 Å². The van der Waals surface area contributed by atoms with Gasteiger partial charge in [-0.1, -0.05) is 37.3 Å². The van der Waals surface area contributed by atoms with Gasteiger partial charge in [0.15, 0.2) is 11.5 Å². The first-order valence-electron chi connectivity index (χ1n) is 11.0. The van der Waals surface area contributed by atoms with Gasteiger partial charge in [-0.3, -0.25) is 4.79 Å². The van der Waals surface area contributed by atoms with Crippen LogP contribution < -0.4 is 0 Å². The van der Waals surface area contributed by atoms with Crippen LogP contribution in [-0.4, -0.2) is 27.3 Å². The van der Waals surface area contributed by atoms with E-state index in [1.54, 1.807) is 24.7 Å². The number of nitrogens with zero attached hydrogens (tertiary/aromatic N) is 3. The lowest BCUT2D eigenvalue weighted by atomic mass is 10.1. The number of furan rings is 2. The Balaban J connectivity index is 1.54. The minimum atomic E-state index is -0.0286. The maximum Gasteiger partial charge on any atom is 0.254 e. The van der Waals surface area contributed by atoms with Crippen molar-refractivity contribution < 1.29 is 13.6 Å². The topological polar surface area (TPSA) is 72.4 Å². The lowest BCUT2D eigenvalue weighted by Crippen LogP contribution is -2.31. The number of hydrogen-bond acceptors (Lipinski definition) is 5. The van der Waals surface area contributed by atoms with Gasteiger partial charge in [0.1, 0.15) is 11.4 Å². The van der Waals surface area contributed by atoms with E-state index < -0.39 is 0 Å². The summed E-state index contributed by atoms with van der Waals surface area (Å²) in [5.41, 5.74) is 4.15. The highest BCUT2D eigenvalue weighted by Crippen LogP contribution is 2.31. The third kappa shape index (κ3) is 4.28. The van der Waals surface area contributed by atoms with Gasteiger partial charge >= 0.3 is 0 Å². The van der Waals surface area contributed by atoms with E-state index in [-0.39, 0.29) is 5.91 Å². The van der Waals surface area contributed by atoms with E-state index in [0.29, 0.717) is 52.6 Å². The highest BCUT2D eigenvalue weighted by Gasteiger charge is 2.20. The minimum Gasteiger partial charge on any atom is -0.463 e. The lowest BCUT2D eigenvalue weighted by Gasteiger charge is -2.22. The molecule has 5 rings (SSSR count). The van der Waals surface area contributed by atoms with Crippen molar-refractivity contribution in [2.45, 2.75) is 19.9 Å². The Labute approximate surface area is 191 Å². The maximum atomic E-state index is 13.4. The smallest absolute Gasteiger partial charge is 0.254 e. The molecular weight excluding hydrogens is 414 g/mol. The maximum absolute atomic E-state index is 13.4. The summed E-state index contributed by atoms with van der Waals surface area (Å²) in [6.45, 7) is 3.31. The monoisotopic (exact) mass is 437 g/mol. The van der Waals surface area contributed by atoms with Gasteiger partial charge in [-0.15, -0.1) is 0 Å². The first-order chi connectivity index (χ1) is 16.2. The average Bonchev–Trinajstić information content (AvgIpc) is 3.58. The van der Waals surface area contributed by atoms with E-state index in [4.69, 9.17) is 18.8 Å². The average molecular weight is 437 g/mol. The summed E-state index contributed by atoms with van der Waals surface area (Å²) >= 11 is 0. The molecule has 0 radical (unpaired) electrons. The van der Waals surface area contributed by atoms with Crippen molar-refractivity contribution in [2.24, 2.45) is 0 Å². The van der Waals surface area contributed by atoms with Crippen molar-refractivity contribution in [3.05, 3.63) is 96.4 Å². The largest absolute Gasteiger partial charge is 0.463 e. The number of aromatic nitrogens is 2. The van der Waals surface area contributed by atoms with E-state index in [2.05, 4.69) is 6.92 Å². The van der Waals surface area contributed by atoms with E-state index >= 15 is 0 Å². The van der Waals surface area contributed by atoms with Crippen LogP contribution in [0, 0.1) is 0 Å². The Morgan fingerprint density at radius 2 is 1.48 bits per heavy atom. The lowest BCUT2D eigenvalue weighted by molar-refractivity contribution is 0.0743. The molecule has 0 bridgehead atoms. The molecule has 3 heterocycles. The molecule has 3 aromatic heterocycles. The molecule has 164 valence electrons. The molecule has 0 aliphatic rings. The fraction of sp³-hybridized carbons (Fsp3) is 0.148. The number of rotatable bonds is 7. The molecule has 1 amide bonds.